The van der Waals surface area contributed by atoms with Gasteiger partial charge in [-0.05, 0) is 20.3 Å². The van der Waals surface area contributed by atoms with E-state index in [4.69, 9.17) is 5.21 Å². The standard InChI is InChI=1S/C7H15NO4/c1-6(2)4-3-5-8(11,12)7(6,9)10/h9-11H,3-5H2,1-2H3. The van der Waals surface area contributed by atoms with E-state index in [2.05, 4.69) is 0 Å². The van der Waals surface area contributed by atoms with Gasteiger partial charge in [0.15, 0.2) is 0 Å². The maximum absolute atomic E-state index is 11.2. The maximum Gasteiger partial charge on any atom is 0.349 e. The number of hydroxylamine groups is 4. The van der Waals surface area contributed by atoms with Crippen molar-refractivity contribution in [2.24, 2.45) is 5.41 Å². The third-order valence-corrected chi connectivity index (χ3v) is 2.66. The Hall–Kier alpha value is -0.200. The largest absolute Gasteiger partial charge is 0.594 e. The average Bonchev–Trinajstić information content (AvgIpc) is 1.83. The van der Waals surface area contributed by atoms with Crippen LogP contribution in [0.25, 0.3) is 0 Å². The van der Waals surface area contributed by atoms with Gasteiger partial charge in [-0.3, -0.25) is 0 Å². The molecule has 1 saturated heterocycles. The van der Waals surface area contributed by atoms with Crippen LogP contribution in [-0.2, 0) is 0 Å². The lowest BCUT2D eigenvalue weighted by molar-refractivity contribution is -1.15. The summed E-state index contributed by atoms with van der Waals surface area (Å²) < 4.78 is 0. The minimum atomic E-state index is -2.59. The molecule has 0 radical (unpaired) electrons. The SMILES string of the molecule is CC1(C)CCC[N@@+]([O-])(O)C1(O)O. The summed E-state index contributed by atoms with van der Waals surface area (Å²) in [4.78, 5) is -1.97. The minimum Gasteiger partial charge on any atom is -0.594 e. The van der Waals surface area contributed by atoms with E-state index in [1.165, 1.54) is 0 Å². The van der Waals surface area contributed by atoms with Gasteiger partial charge in [0.2, 0.25) is 0 Å². The molecule has 5 heteroatoms. The number of hydrogen-bond donors (Lipinski definition) is 3. The van der Waals surface area contributed by atoms with Gasteiger partial charge in [-0.1, -0.05) is 0 Å². The van der Waals surface area contributed by atoms with Gasteiger partial charge in [0.25, 0.3) is 0 Å². The lowest BCUT2D eigenvalue weighted by Crippen LogP contribution is -2.69. The summed E-state index contributed by atoms with van der Waals surface area (Å²) in [6.45, 7) is 2.93. The van der Waals surface area contributed by atoms with E-state index in [-0.39, 0.29) is 6.54 Å². The zero-order valence-electron chi connectivity index (χ0n) is 7.32. The molecule has 0 bridgehead atoms. The predicted molar refractivity (Wildman–Crippen MR) is 40.5 cm³/mol. The zero-order valence-corrected chi connectivity index (χ0v) is 7.32. The predicted octanol–water partition coefficient (Wildman–Crippen LogP) is 0.149. The molecule has 3 N–H and O–H groups in total. The Bertz CT molecular complexity index is 170. The molecule has 0 aromatic heterocycles. The zero-order chi connectivity index (χ0) is 9.62. The monoisotopic (exact) mass is 177 g/mol. The fraction of sp³-hybridized carbons (Fsp3) is 1.00. The van der Waals surface area contributed by atoms with Crippen molar-refractivity contribution in [1.82, 2.24) is 0 Å². The summed E-state index contributed by atoms with van der Waals surface area (Å²) in [7, 11) is 0. The molecule has 0 spiro atoms. The van der Waals surface area contributed by atoms with E-state index in [1.54, 1.807) is 13.8 Å². The second-order valence-electron chi connectivity index (χ2n) is 4.05. The van der Waals surface area contributed by atoms with Crippen LogP contribution in [0.1, 0.15) is 26.7 Å². The quantitative estimate of drug-likeness (QED) is 0.279. The first-order chi connectivity index (χ1) is 5.21. The minimum absolute atomic E-state index is 0.170. The molecule has 5 nitrogen and oxygen atoms in total. The number of piperidine rings is 1. The first-order valence-electron chi connectivity index (χ1n) is 3.97. The molecule has 1 rings (SSSR count). The third kappa shape index (κ3) is 1.14. The highest BCUT2D eigenvalue weighted by Gasteiger charge is 2.58. The summed E-state index contributed by atoms with van der Waals surface area (Å²) >= 11 is 0. The molecular formula is C7H15NO4. The number of hydrogen-bond acceptors (Lipinski definition) is 4. The molecule has 1 atom stereocenters. The van der Waals surface area contributed by atoms with Crippen LogP contribution in [-0.4, -0.2) is 32.7 Å². The normalized spacial score (nSPS) is 39.5. The van der Waals surface area contributed by atoms with Crippen molar-refractivity contribution in [1.29, 1.82) is 0 Å². The van der Waals surface area contributed by atoms with Gasteiger partial charge in [0.1, 0.15) is 6.54 Å². The van der Waals surface area contributed by atoms with Crippen LogP contribution in [0, 0.1) is 10.6 Å². The highest BCUT2D eigenvalue weighted by atomic mass is 16.9. The van der Waals surface area contributed by atoms with Gasteiger partial charge < -0.3 is 15.4 Å². The van der Waals surface area contributed by atoms with Crippen molar-refractivity contribution < 1.29 is 20.2 Å². The molecule has 72 valence electrons. The lowest BCUT2D eigenvalue weighted by atomic mass is 9.80. The van der Waals surface area contributed by atoms with Crippen LogP contribution < -0.4 is 0 Å². The Morgan fingerprint density at radius 1 is 1.33 bits per heavy atom. The summed E-state index contributed by atoms with van der Waals surface area (Å²) in [5.74, 6) is -2.59. The summed E-state index contributed by atoms with van der Waals surface area (Å²) in [5.41, 5.74) is -0.970. The fourth-order valence-corrected chi connectivity index (χ4v) is 1.53. The van der Waals surface area contributed by atoms with Crippen LogP contribution in [0.5, 0.6) is 0 Å². The van der Waals surface area contributed by atoms with Crippen molar-refractivity contribution in [2.45, 2.75) is 32.6 Å². The van der Waals surface area contributed by atoms with Crippen molar-refractivity contribution in [3.05, 3.63) is 5.21 Å². The van der Waals surface area contributed by atoms with E-state index < -0.39 is 16.1 Å². The van der Waals surface area contributed by atoms with Gasteiger partial charge >= 0.3 is 5.91 Å². The van der Waals surface area contributed by atoms with Crippen LogP contribution in [0.2, 0.25) is 0 Å². The number of rotatable bonds is 0. The smallest absolute Gasteiger partial charge is 0.349 e. The lowest BCUT2D eigenvalue weighted by Gasteiger charge is -2.52. The summed E-state index contributed by atoms with van der Waals surface area (Å²) in [6, 6.07) is 0. The Balaban J connectivity index is 2.99. The van der Waals surface area contributed by atoms with Crippen molar-refractivity contribution in [2.75, 3.05) is 6.54 Å². The molecule has 1 fully saturated rings. The molecule has 12 heavy (non-hydrogen) atoms. The molecule has 0 aromatic rings. The molecule has 0 aliphatic carbocycles. The van der Waals surface area contributed by atoms with Crippen molar-refractivity contribution >= 4 is 0 Å². The van der Waals surface area contributed by atoms with Gasteiger partial charge in [0.05, 0.1) is 5.41 Å². The van der Waals surface area contributed by atoms with Gasteiger partial charge in [0, 0.05) is 6.42 Å². The second kappa shape index (κ2) is 2.40. The Morgan fingerprint density at radius 2 is 1.83 bits per heavy atom. The van der Waals surface area contributed by atoms with Crippen LogP contribution in [0.15, 0.2) is 0 Å². The topological polar surface area (TPSA) is 83.8 Å². The van der Waals surface area contributed by atoms with Gasteiger partial charge in [-0.25, -0.2) is 5.21 Å². The number of quaternary nitrogens is 1. The molecule has 0 saturated carbocycles. The Kier molecular flexibility index (Phi) is 1.97. The maximum atomic E-state index is 11.2. The van der Waals surface area contributed by atoms with Crippen LogP contribution >= 0.6 is 0 Å². The fourth-order valence-electron chi connectivity index (χ4n) is 1.53. The van der Waals surface area contributed by atoms with E-state index in [1.807, 2.05) is 0 Å². The highest BCUT2D eigenvalue weighted by Crippen LogP contribution is 2.42. The highest BCUT2D eigenvalue weighted by molar-refractivity contribution is 4.80. The Morgan fingerprint density at radius 3 is 2.17 bits per heavy atom. The molecule has 1 aliphatic heterocycles. The van der Waals surface area contributed by atoms with Gasteiger partial charge in [-0.15, -0.1) is 0 Å². The first kappa shape index (κ1) is 9.88. The van der Waals surface area contributed by atoms with Crippen LogP contribution in [0.4, 0.5) is 0 Å². The van der Waals surface area contributed by atoms with Crippen molar-refractivity contribution in [3.63, 3.8) is 0 Å². The molecule has 0 amide bonds. The van der Waals surface area contributed by atoms with E-state index in [0.29, 0.717) is 12.8 Å². The molecular weight excluding hydrogens is 162 g/mol. The number of nitrogens with zero attached hydrogens (tertiary/aromatic N) is 1. The van der Waals surface area contributed by atoms with Crippen LogP contribution in [0.3, 0.4) is 0 Å². The first-order valence-corrected chi connectivity index (χ1v) is 3.97. The van der Waals surface area contributed by atoms with E-state index in [9.17, 15) is 15.4 Å². The average molecular weight is 177 g/mol. The molecule has 0 unspecified atom stereocenters. The molecule has 1 heterocycles. The third-order valence-electron chi connectivity index (χ3n) is 2.66. The molecule has 0 aromatic carbocycles. The molecule has 1 aliphatic rings. The van der Waals surface area contributed by atoms with E-state index in [0.717, 1.165) is 0 Å². The van der Waals surface area contributed by atoms with Crippen molar-refractivity contribution in [3.8, 4) is 0 Å². The summed E-state index contributed by atoms with van der Waals surface area (Å²) in [5, 5.41) is 39.1. The summed E-state index contributed by atoms with van der Waals surface area (Å²) in [6.07, 6.45) is 1.01. The van der Waals surface area contributed by atoms with Gasteiger partial charge in [-0.2, -0.15) is 4.81 Å². The Labute approximate surface area is 71.0 Å². The van der Waals surface area contributed by atoms with E-state index >= 15 is 0 Å². The number of aliphatic hydroxyl groups is 2. The second-order valence-corrected chi connectivity index (χ2v) is 4.05.